The van der Waals surface area contributed by atoms with E-state index < -0.39 is 0 Å². The maximum Gasteiger partial charge on any atom is 0.276 e. The Bertz CT molecular complexity index is 835. The summed E-state index contributed by atoms with van der Waals surface area (Å²) in [5, 5.41) is 7.20. The minimum atomic E-state index is -0.106. The van der Waals surface area contributed by atoms with Crippen LogP contribution >= 0.6 is 0 Å². The summed E-state index contributed by atoms with van der Waals surface area (Å²) >= 11 is 0. The first-order chi connectivity index (χ1) is 10.2. The van der Waals surface area contributed by atoms with Gasteiger partial charge in [0.2, 0.25) is 0 Å². The summed E-state index contributed by atoms with van der Waals surface area (Å²) in [5.41, 5.74) is 1.30. The van der Waals surface area contributed by atoms with Crippen LogP contribution in [-0.2, 0) is 6.54 Å². The predicted molar refractivity (Wildman–Crippen MR) is 79.5 cm³/mol. The van der Waals surface area contributed by atoms with Gasteiger partial charge in [-0.2, -0.15) is 5.10 Å². The first-order valence-corrected chi connectivity index (χ1v) is 6.78. The van der Waals surface area contributed by atoms with Crippen LogP contribution in [0.25, 0.3) is 5.52 Å². The monoisotopic (exact) mass is 284 g/mol. The molecule has 0 aromatic carbocycles. The first-order valence-electron chi connectivity index (χ1n) is 6.78. The Morgan fingerprint density at radius 2 is 2.14 bits per heavy atom. The van der Waals surface area contributed by atoms with Crippen LogP contribution in [0.15, 0.2) is 35.5 Å². The molecule has 0 aliphatic heterocycles. The van der Waals surface area contributed by atoms with E-state index in [0.29, 0.717) is 17.9 Å². The SMILES string of the molecule is CCNc1cc(C)nc(Cn2ccn3nccc3c2=O)n1. The van der Waals surface area contributed by atoms with Crippen molar-refractivity contribution in [1.82, 2.24) is 24.1 Å². The minimum absolute atomic E-state index is 0.106. The zero-order valence-electron chi connectivity index (χ0n) is 11.9. The van der Waals surface area contributed by atoms with Crippen LogP contribution in [0.5, 0.6) is 0 Å². The average molecular weight is 284 g/mol. The number of nitrogens with one attached hydrogen (secondary N) is 1. The Labute approximate surface area is 121 Å². The molecule has 0 fully saturated rings. The van der Waals surface area contributed by atoms with E-state index in [1.54, 1.807) is 33.7 Å². The van der Waals surface area contributed by atoms with E-state index in [-0.39, 0.29) is 5.56 Å². The summed E-state index contributed by atoms with van der Waals surface area (Å²) in [6, 6.07) is 3.58. The van der Waals surface area contributed by atoms with Gasteiger partial charge in [-0.1, -0.05) is 0 Å². The fraction of sp³-hybridized carbons (Fsp3) is 0.286. The molecule has 0 amide bonds. The Morgan fingerprint density at radius 1 is 1.29 bits per heavy atom. The molecule has 3 aromatic rings. The van der Waals surface area contributed by atoms with Gasteiger partial charge in [-0.25, -0.2) is 14.5 Å². The quantitative estimate of drug-likeness (QED) is 0.775. The minimum Gasteiger partial charge on any atom is -0.370 e. The molecule has 3 rings (SSSR count). The van der Waals surface area contributed by atoms with Crippen LogP contribution < -0.4 is 10.9 Å². The lowest BCUT2D eigenvalue weighted by Gasteiger charge is -2.08. The molecule has 0 spiro atoms. The molecular formula is C14H16N6O. The first kappa shape index (κ1) is 13.3. The van der Waals surface area contributed by atoms with Crippen molar-refractivity contribution < 1.29 is 0 Å². The van der Waals surface area contributed by atoms with Crippen molar-refractivity contribution >= 4 is 11.3 Å². The molecule has 0 atom stereocenters. The van der Waals surface area contributed by atoms with Gasteiger partial charge in [-0.05, 0) is 19.9 Å². The normalized spacial score (nSPS) is 11.0. The zero-order chi connectivity index (χ0) is 14.8. The molecular weight excluding hydrogens is 268 g/mol. The van der Waals surface area contributed by atoms with Gasteiger partial charge in [0.1, 0.15) is 11.3 Å². The number of fused-ring (bicyclic) bond motifs is 1. The fourth-order valence-electron chi connectivity index (χ4n) is 2.21. The molecule has 3 aromatic heterocycles. The van der Waals surface area contributed by atoms with Crippen molar-refractivity contribution in [1.29, 1.82) is 0 Å². The third-order valence-corrected chi connectivity index (χ3v) is 3.11. The lowest BCUT2D eigenvalue weighted by Crippen LogP contribution is -2.23. The third-order valence-electron chi connectivity index (χ3n) is 3.11. The molecule has 3 heterocycles. The van der Waals surface area contributed by atoms with Gasteiger partial charge in [0.25, 0.3) is 5.56 Å². The smallest absolute Gasteiger partial charge is 0.276 e. The van der Waals surface area contributed by atoms with Crippen LogP contribution in [0.2, 0.25) is 0 Å². The maximum absolute atomic E-state index is 12.3. The molecule has 7 heteroatoms. The summed E-state index contributed by atoms with van der Waals surface area (Å²) in [6.07, 6.45) is 5.05. The number of anilines is 1. The van der Waals surface area contributed by atoms with Crippen molar-refractivity contribution in [2.45, 2.75) is 20.4 Å². The summed E-state index contributed by atoms with van der Waals surface area (Å²) in [6.45, 7) is 5.04. The number of rotatable bonds is 4. The molecule has 21 heavy (non-hydrogen) atoms. The Morgan fingerprint density at radius 3 is 2.95 bits per heavy atom. The van der Waals surface area contributed by atoms with Crippen LogP contribution in [0.1, 0.15) is 18.4 Å². The molecule has 0 saturated heterocycles. The second-order valence-electron chi connectivity index (χ2n) is 4.73. The van der Waals surface area contributed by atoms with Crippen LogP contribution in [0.3, 0.4) is 0 Å². The number of hydrogen-bond acceptors (Lipinski definition) is 5. The second kappa shape index (κ2) is 5.35. The van der Waals surface area contributed by atoms with Gasteiger partial charge in [-0.3, -0.25) is 4.79 Å². The Kier molecular flexibility index (Phi) is 3.39. The highest BCUT2D eigenvalue weighted by molar-refractivity contribution is 5.42. The number of aromatic nitrogens is 5. The van der Waals surface area contributed by atoms with Crippen molar-refractivity contribution in [2.75, 3.05) is 11.9 Å². The summed E-state index contributed by atoms with van der Waals surface area (Å²) < 4.78 is 3.14. The molecule has 0 aliphatic rings. The van der Waals surface area contributed by atoms with Crippen molar-refractivity contribution in [3.05, 3.63) is 52.6 Å². The molecule has 0 aliphatic carbocycles. The van der Waals surface area contributed by atoms with Gasteiger partial charge in [0, 0.05) is 30.7 Å². The largest absolute Gasteiger partial charge is 0.370 e. The zero-order valence-corrected chi connectivity index (χ0v) is 11.9. The van der Waals surface area contributed by atoms with E-state index in [1.165, 1.54) is 0 Å². The van der Waals surface area contributed by atoms with E-state index in [1.807, 2.05) is 19.9 Å². The number of hydrogen-bond donors (Lipinski definition) is 1. The van der Waals surface area contributed by atoms with E-state index in [4.69, 9.17) is 0 Å². The highest BCUT2D eigenvalue weighted by atomic mass is 16.1. The second-order valence-corrected chi connectivity index (χ2v) is 4.73. The van der Waals surface area contributed by atoms with E-state index in [0.717, 1.165) is 18.1 Å². The Hall–Kier alpha value is -2.70. The molecule has 1 N–H and O–H groups in total. The molecule has 0 bridgehead atoms. The van der Waals surface area contributed by atoms with Gasteiger partial charge >= 0.3 is 0 Å². The summed E-state index contributed by atoms with van der Waals surface area (Å²) in [7, 11) is 0. The number of aryl methyl sites for hydroxylation is 1. The molecule has 108 valence electrons. The van der Waals surface area contributed by atoms with E-state index in [2.05, 4.69) is 20.4 Å². The summed E-state index contributed by atoms with van der Waals surface area (Å²) in [5.74, 6) is 1.38. The van der Waals surface area contributed by atoms with Gasteiger partial charge in [0.05, 0.1) is 12.7 Å². The van der Waals surface area contributed by atoms with Crippen molar-refractivity contribution in [3.8, 4) is 0 Å². The van der Waals surface area contributed by atoms with E-state index in [9.17, 15) is 4.79 Å². The third kappa shape index (κ3) is 2.62. The van der Waals surface area contributed by atoms with E-state index >= 15 is 0 Å². The molecule has 0 radical (unpaired) electrons. The fourth-order valence-corrected chi connectivity index (χ4v) is 2.21. The van der Waals surface area contributed by atoms with Crippen LogP contribution in [-0.4, -0.2) is 30.7 Å². The predicted octanol–water partition coefficient (Wildman–Crippen LogP) is 1.07. The molecule has 0 unspecified atom stereocenters. The maximum atomic E-state index is 12.3. The van der Waals surface area contributed by atoms with Gasteiger partial charge in [-0.15, -0.1) is 0 Å². The topological polar surface area (TPSA) is 77.1 Å². The lowest BCUT2D eigenvalue weighted by atomic mass is 10.4. The van der Waals surface area contributed by atoms with Crippen LogP contribution in [0.4, 0.5) is 5.82 Å². The van der Waals surface area contributed by atoms with Crippen molar-refractivity contribution in [3.63, 3.8) is 0 Å². The highest BCUT2D eigenvalue weighted by Gasteiger charge is 2.07. The molecule has 7 nitrogen and oxygen atoms in total. The highest BCUT2D eigenvalue weighted by Crippen LogP contribution is 2.07. The molecule has 0 saturated carbocycles. The van der Waals surface area contributed by atoms with Crippen molar-refractivity contribution in [2.24, 2.45) is 0 Å². The lowest BCUT2D eigenvalue weighted by molar-refractivity contribution is 0.702. The standard InChI is InChI=1S/C14H16N6O/c1-3-15-12-8-10(2)17-13(18-12)9-19-6-7-20-11(14(19)21)4-5-16-20/h4-8H,3,9H2,1-2H3,(H,15,17,18). The Balaban J connectivity index is 1.98. The number of nitrogens with zero attached hydrogens (tertiary/aromatic N) is 5. The van der Waals surface area contributed by atoms with Crippen LogP contribution in [0, 0.1) is 6.92 Å². The van der Waals surface area contributed by atoms with Gasteiger partial charge < -0.3 is 9.88 Å². The summed E-state index contributed by atoms with van der Waals surface area (Å²) in [4.78, 5) is 21.1. The van der Waals surface area contributed by atoms with Gasteiger partial charge in [0.15, 0.2) is 5.82 Å². The average Bonchev–Trinajstić information content (AvgIpc) is 2.91.